The van der Waals surface area contributed by atoms with Gasteiger partial charge in [0.1, 0.15) is 5.15 Å². The number of hydrogen-bond donors (Lipinski definition) is 0. The molecular formula is C15H10ClNS. The third-order valence-electron chi connectivity index (χ3n) is 2.68. The summed E-state index contributed by atoms with van der Waals surface area (Å²) in [6.45, 7) is 0. The van der Waals surface area contributed by atoms with Crippen molar-refractivity contribution in [2.24, 2.45) is 0 Å². The van der Waals surface area contributed by atoms with Crippen LogP contribution in [0.5, 0.6) is 0 Å². The highest BCUT2D eigenvalue weighted by atomic mass is 35.5. The summed E-state index contributed by atoms with van der Waals surface area (Å²) in [5.74, 6) is 0. The van der Waals surface area contributed by atoms with Crippen molar-refractivity contribution < 1.29 is 0 Å². The van der Waals surface area contributed by atoms with Gasteiger partial charge in [-0.15, -0.1) is 0 Å². The number of pyridine rings is 1. The first-order valence-electron chi connectivity index (χ1n) is 5.60. The van der Waals surface area contributed by atoms with Gasteiger partial charge in [-0.1, -0.05) is 59.8 Å². The van der Waals surface area contributed by atoms with Crippen LogP contribution in [-0.4, -0.2) is 4.98 Å². The third-order valence-corrected chi connectivity index (χ3v) is 3.95. The predicted octanol–water partition coefficient (Wildman–Crippen LogP) is 5.04. The number of rotatable bonds is 2. The number of fused-ring (bicyclic) bond motifs is 1. The Morgan fingerprint density at radius 1 is 0.944 bits per heavy atom. The van der Waals surface area contributed by atoms with Crippen molar-refractivity contribution in [3.05, 3.63) is 65.9 Å². The van der Waals surface area contributed by atoms with Gasteiger partial charge in [-0.3, -0.25) is 0 Å². The average molecular weight is 272 g/mol. The second kappa shape index (κ2) is 5.01. The molecule has 0 amide bonds. The van der Waals surface area contributed by atoms with Crippen LogP contribution in [0.25, 0.3) is 10.8 Å². The average Bonchev–Trinajstić information content (AvgIpc) is 2.39. The summed E-state index contributed by atoms with van der Waals surface area (Å²) in [5.41, 5.74) is 0. The van der Waals surface area contributed by atoms with E-state index in [2.05, 4.69) is 47.4 Å². The lowest BCUT2D eigenvalue weighted by Gasteiger charge is -2.06. The molecule has 0 atom stereocenters. The minimum atomic E-state index is 0.528. The van der Waals surface area contributed by atoms with E-state index in [1.54, 1.807) is 18.0 Å². The van der Waals surface area contributed by atoms with Crippen molar-refractivity contribution in [3.63, 3.8) is 0 Å². The lowest BCUT2D eigenvalue weighted by Crippen LogP contribution is -1.79. The van der Waals surface area contributed by atoms with E-state index >= 15 is 0 Å². The van der Waals surface area contributed by atoms with E-state index in [1.165, 1.54) is 15.7 Å². The fourth-order valence-electron chi connectivity index (χ4n) is 1.86. The summed E-state index contributed by atoms with van der Waals surface area (Å²) >= 11 is 7.61. The van der Waals surface area contributed by atoms with Gasteiger partial charge < -0.3 is 0 Å². The number of aromatic nitrogens is 1. The minimum absolute atomic E-state index is 0.528. The molecule has 0 aliphatic heterocycles. The highest BCUT2D eigenvalue weighted by molar-refractivity contribution is 7.99. The quantitative estimate of drug-likeness (QED) is 0.606. The molecule has 0 radical (unpaired) electrons. The minimum Gasteiger partial charge on any atom is -0.244 e. The Labute approximate surface area is 115 Å². The van der Waals surface area contributed by atoms with Crippen molar-refractivity contribution in [2.75, 3.05) is 0 Å². The van der Waals surface area contributed by atoms with Crippen LogP contribution in [-0.2, 0) is 0 Å². The molecule has 0 saturated heterocycles. The van der Waals surface area contributed by atoms with Crippen molar-refractivity contribution in [2.45, 2.75) is 9.79 Å². The predicted molar refractivity (Wildman–Crippen MR) is 77.3 cm³/mol. The van der Waals surface area contributed by atoms with Crippen molar-refractivity contribution in [1.29, 1.82) is 0 Å². The SMILES string of the molecule is Clc1cc(Sc2cccc3ccccc23)ccn1. The van der Waals surface area contributed by atoms with E-state index in [0.29, 0.717) is 5.15 Å². The van der Waals surface area contributed by atoms with Crippen LogP contribution in [0.15, 0.2) is 70.6 Å². The topological polar surface area (TPSA) is 12.9 Å². The van der Waals surface area contributed by atoms with E-state index < -0.39 is 0 Å². The Morgan fingerprint density at radius 2 is 1.78 bits per heavy atom. The summed E-state index contributed by atoms with van der Waals surface area (Å²) < 4.78 is 0. The van der Waals surface area contributed by atoms with Gasteiger partial charge in [0.2, 0.25) is 0 Å². The first-order valence-corrected chi connectivity index (χ1v) is 6.79. The molecule has 0 N–H and O–H groups in total. The molecule has 3 aromatic rings. The fraction of sp³-hybridized carbons (Fsp3) is 0. The molecule has 0 aliphatic rings. The molecule has 0 unspecified atom stereocenters. The number of halogens is 1. The van der Waals surface area contributed by atoms with Gasteiger partial charge in [-0.05, 0) is 29.0 Å². The second-order valence-electron chi connectivity index (χ2n) is 3.89. The summed E-state index contributed by atoms with van der Waals surface area (Å²) in [6.07, 6.45) is 1.73. The second-order valence-corrected chi connectivity index (χ2v) is 5.40. The highest BCUT2D eigenvalue weighted by Crippen LogP contribution is 2.33. The van der Waals surface area contributed by atoms with E-state index in [4.69, 9.17) is 11.6 Å². The third kappa shape index (κ3) is 2.35. The zero-order valence-electron chi connectivity index (χ0n) is 9.51. The number of nitrogens with zero attached hydrogens (tertiary/aromatic N) is 1. The van der Waals surface area contributed by atoms with Crippen LogP contribution in [0.4, 0.5) is 0 Å². The first kappa shape index (κ1) is 11.6. The molecule has 18 heavy (non-hydrogen) atoms. The molecule has 0 spiro atoms. The molecule has 2 aromatic carbocycles. The van der Waals surface area contributed by atoms with Crippen molar-refractivity contribution in [3.8, 4) is 0 Å². The molecule has 0 aliphatic carbocycles. The molecule has 1 aromatic heterocycles. The van der Waals surface area contributed by atoms with Crippen molar-refractivity contribution in [1.82, 2.24) is 4.98 Å². The van der Waals surface area contributed by atoms with Gasteiger partial charge in [-0.25, -0.2) is 4.98 Å². The van der Waals surface area contributed by atoms with Crippen LogP contribution >= 0.6 is 23.4 Å². The highest BCUT2D eigenvalue weighted by Gasteiger charge is 2.03. The molecule has 0 bridgehead atoms. The van der Waals surface area contributed by atoms with Crippen LogP contribution in [0.2, 0.25) is 5.15 Å². The molecular weight excluding hydrogens is 262 g/mol. The van der Waals surface area contributed by atoms with E-state index in [0.717, 1.165) is 4.90 Å². The normalized spacial score (nSPS) is 10.7. The maximum atomic E-state index is 5.90. The molecule has 0 saturated carbocycles. The van der Waals surface area contributed by atoms with Crippen LogP contribution in [0.3, 0.4) is 0 Å². The van der Waals surface area contributed by atoms with Crippen LogP contribution < -0.4 is 0 Å². The van der Waals surface area contributed by atoms with Crippen LogP contribution in [0.1, 0.15) is 0 Å². The van der Waals surface area contributed by atoms with E-state index in [-0.39, 0.29) is 0 Å². The van der Waals surface area contributed by atoms with E-state index in [1.807, 2.05) is 12.1 Å². The molecule has 1 nitrogen and oxygen atoms in total. The van der Waals surface area contributed by atoms with E-state index in [9.17, 15) is 0 Å². The monoisotopic (exact) mass is 271 g/mol. The Balaban J connectivity index is 2.05. The first-order chi connectivity index (χ1) is 8.83. The maximum Gasteiger partial charge on any atom is 0.130 e. The van der Waals surface area contributed by atoms with Gasteiger partial charge in [0.25, 0.3) is 0 Å². The lowest BCUT2D eigenvalue weighted by molar-refractivity contribution is 1.26. The van der Waals surface area contributed by atoms with Crippen LogP contribution in [0, 0.1) is 0 Å². The molecule has 1 heterocycles. The smallest absolute Gasteiger partial charge is 0.130 e. The Bertz CT molecular complexity index is 691. The number of hydrogen-bond acceptors (Lipinski definition) is 2. The van der Waals surface area contributed by atoms with Gasteiger partial charge in [0.05, 0.1) is 0 Å². The summed E-state index contributed by atoms with van der Waals surface area (Å²) in [7, 11) is 0. The van der Waals surface area contributed by atoms with Crippen molar-refractivity contribution >= 4 is 34.1 Å². The lowest BCUT2D eigenvalue weighted by atomic mass is 10.1. The zero-order chi connectivity index (χ0) is 12.4. The Morgan fingerprint density at radius 3 is 2.67 bits per heavy atom. The molecule has 0 fully saturated rings. The molecule has 88 valence electrons. The Hall–Kier alpha value is -1.51. The molecule has 3 rings (SSSR count). The summed E-state index contributed by atoms with van der Waals surface area (Å²) in [4.78, 5) is 6.33. The summed E-state index contributed by atoms with van der Waals surface area (Å²) in [5, 5.41) is 3.04. The maximum absolute atomic E-state index is 5.90. The zero-order valence-corrected chi connectivity index (χ0v) is 11.1. The largest absolute Gasteiger partial charge is 0.244 e. The number of benzene rings is 2. The van der Waals surface area contributed by atoms with Gasteiger partial charge in [0.15, 0.2) is 0 Å². The molecule has 3 heteroatoms. The summed E-state index contributed by atoms with van der Waals surface area (Å²) in [6, 6.07) is 18.6. The van der Waals surface area contributed by atoms with Gasteiger partial charge in [-0.2, -0.15) is 0 Å². The fourth-order valence-corrected chi connectivity index (χ4v) is 3.09. The standard InChI is InChI=1S/C15H10ClNS/c16-15-10-12(8-9-17-15)18-14-7-3-5-11-4-1-2-6-13(11)14/h1-10H. The Kier molecular flexibility index (Phi) is 3.22. The van der Waals surface area contributed by atoms with Gasteiger partial charge >= 0.3 is 0 Å². The van der Waals surface area contributed by atoms with Gasteiger partial charge in [0, 0.05) is 16.0 Å².